The standard InChI is InChI=1S/C9H7BrFN5O/c10-7-5(9(12)15-17)1-2-6(8(7)11)16-4-13-3-14-16/h1-4,17H,(H2,12,15). The number of nitrogens with zero attached hydrogens (tertiary/aromatic N) is 4. The first kappa shape index (κ1) is 11.5. The number of oxime groups is 1. The monoisotopic (exact) mass is 299 g/mol. The Morgan fingerprint density at radius 2 is 2.29 bits per heavy atom. The third-order valence-electron chi connectivity index (χ3n) is 2.11. The number of hydrogen-bond acceptors (Lipinski definition) is 4. The third-order valence-corrected chi connectivity index (χ3v) is 2.89. The average molecular weight is 300 g/mol. The van der Waals surface area contributed by atoms with Crippen LogP contribution in [0.25, 0.3) is 5.69 Å². The van der Waals surface area contributed by atoms with Crippen LogP contribution in [0.3, 0.4) is 0 Å². The van der Waals surface area contributed by atoms with Crippen molar-refractivity contribution >= 4 is 21.8 Å². The SMILES string of the molecule is N/C(=N/O)c1ccc(-n2cncn2)c(F)c1Br. The summed E-state index contributed by atoms with van der Waals surface area (Å²) in [5.74, 6) is -0.750. The molecule has 1 aromatic heterocycles. The van der Waals surface area contributed by atoms with Crippen LogP contribution in [0.15, 0.2) is 34.4 Å². The normalized spacial score (nSPS) is 11.8. The summed E-state index contributed by atoms with van der Waals surface area (Å²) in [5, 5.41) is 15.2. The first-order chi connectivity index (χ1) is 8.15. The van der Waals surface area contributed by atoms with Crippen molar-refractivity contribution in [1.82, 2.24) is 14.8 Å². The molecule has 6 nitrogen and oxygen atoms in total. The highest BCUT2D eigenvalue weighted by molar-refractivity contribution is 9.10. The summed E-state index contributed by atoms with van der Waals surface area (Å²) in [6.45, 7) is 0. The molecule has 0 unspecified atom stereocenters. The summed E-state index contributed by atoms with van der Waals surface area (Å²) in [4.78, 5) is 3.72. The molecule has 1 heterocycles. The lowest BCUT2D eigenvalue weighted by molar-refractivity contribution is 0.318. The van der Waals surface area contributed by atoms with Gasteiger partial charge in [-0.15, -0.1) is 0 Å². The Labute approximate surface area is 104 Å². The Balaban J connectivity index is 2.58. The Hall–Kier alpha value is -1.96. The molecule has 2 aromatic rings. The molecule has 0 saturated heterocycles. The summed E-state index contributed by atoms with van der Waals surface area (Å²) in [6, 6.07) is 2.97. The predicted molar refractivity (Wildman–Crippen MR) is 61.5 cm³/mol. The van der Waals surface area contributed by atoms with Crippen molar-refractivity contribution in [2.24, 2.45) is 10.9 Å². The molecule has 2 rings (SSSR count). The summed E-state index contributed by atoms with van der Waals surface area (Å²) < 4.78 is 15.4. The van der Waals surface area contributed by atoms with Gasteiger partial charge in [0.05, 0.1) is 4.47 Å². The zero-order valence-corrected chi connectivity index (χ0v) is 9.96. The first-order valence-electron chi connectivity index (χ1n) is 4.46. The number of amidine groups is 1. The van der Waals surface area contributed by atoms with E-state index >= 15 is 0 Å². The van der Waals surface area contributed by atoms with E-state index in [0.29, 0.717) is 0 Å². The predicted octanol–water partition coefficient (Wildman–Crippen LogP) is 1.26. The molecule has 1 aromatic carbocycles. The van der Waals surface area contributed by atoms with Crippen LogP contribution in [0, 0.1) is 5.82 Å². The van der Waals surface area contributed by atoms with Gasteiger partial charge in [0.1, 0.15) is 18.3 Å². The molecule has 0 bridgehead atoms. The highest BCUT2D eigenvalue weighted by atomic mass is 79.9. The van der Waals surface area contributed by atoms with Crippen LogP contribution in [0.5, 0.6) is 0 Å². The molecule has 0 amide bonds. The van der Waals surface area contributed by atoms with Gasteiger partial charge in [-0.2, -0.15) is 5.10 Å². The number of halogens is 2. The lowest BCUT2D eigenvalue weighted by atomic mass is 10.2. The molecule has 17 heavy (non-hydrogen) atoms. The van der Waals surface area contributed by atoms with Crippen LogP contribution in [0.2, 0.25) is 0 Å². The van der Waals surface area contributed by atoms with Gasteiger partial charge < -0.3 is 10.9 Å². The molecule has 0 radical (unpaired) electrons. The molecular weight excluding hydrogens is 293 g/mol. The van der Waals surface area contributed by atoms with Crippen molar-refractivity contribution in [3.8, 4) is 5.69 Å². The van der Waals surface area contributed by atoms with E-state index in [1.54, 1.807) is 0 Å². The van der Waals surface area contributed by atoms with Gasteiger partial charge in [-0.3, -0.25) is 0 Å². The molecule has 0 spiro atoms. The summed E-state index contributed by atoms with van der Waals surface area (Å²) in [7, 11) is 0. The van der Waals surface area contributed by atoms with Gasteiger partial charge in [-0.25, -0.2) is 14.1 Å². The lowest BCUT2D eigenvalue weighted by Crippen LogP contribution is -2.15. The Morgan fingerprint density at radius 3 is 2.88 bits per heavy atom. The van der Waals surface area contributed by atoms with E-state index in [2.05, 4.69) is 31.2 Å². The van der Waals surface area contributed by atoms with Crippen molar-refractivity contribution in [1.29, 1.82) is 0 Å². The van der Waals surface area contributed by atoms with E-state index in [-0.39, 0.29) is 21.6 Å². The Bertz CT molecular complexity index is 569. The zero-order valence-electron chi connectivity index (χ0n) is 8.38. The molecular formula is C9H7BrFN5O. The Kier molecular flexibility index (Phi) is 3.05. The van der Waals surface area contributed by atoms with E-state index in [1.807, 2.05) is 0 Å². The number of benzene rings is 1. The number of aromatic nitrogens is 3. The van der Waals surface area contributed by atoms with Gasteiger partial charge in [-0.1, -0.05) is 5.16 Å². The second-order valence-corrected chi connectivity index (χ2v) is 3.88. The van der Waals surface area contributed by atoms with Gasteiger partial charge in [0.2, 0.25) is 0 Å². The smallest absolute Gasteiger partial charge is 0.171 e. The van der Waals surface area contributed by atoms with Crippen LogP contribution < -0.4 is 5.73 Å². The molecule has 0 atom stereocenters. The van der Waals surface area contributed by atoms with E-state index in [9.17, 15) is 4.39 Å². The molecule has 0 saturated carbocycles. The van der Waals surface area contributed by atoms with E-state index in [4.69, 9.17) is 10.9 Å². The maximum absolute atomic E-state index is 14.0. The third kappa shape index (κ3) is 1.98. The lowest BCUT2D eigenvalue weighted by Gasteiger charge is -2.08. The molecule has 88 valence electrons. The van der Waals surface area contributed by atoms with Gasteiger partial charge >= 0.3 is 0 Å². The van der Waals surface area contributed by atoms with Gasteiger partial charge in [0.15, 0.2) is 11.7 Å². The van der Waals surface area contributed by atoms with Crippen LogP contribution in [0.1, 0.15) is 5.56 Å². The fourth-order valence-electron chi connectivity index (χ4n) is 1.30. The molecule has 0 fully saturated rings. The fourth-order valence-corrected chi connectivity index (χ4v) is 1.84. The van der Waals surface area contributed by atoms with Gasteiger partial charge in [0.25, 0.3) is 0 Å². The fraction of sp³-hybridized carbons (Fsp3) is 0. The highest BCUT2D eigenvalue weighted by Gasteiger charge is 2.15. The minimum atomic E-state index is -0.570. The molecule has 0 aliphatic carbocycles. The van der Waals surface area contributed by atoms with Crippen LogP contribution in [0.4, 0.5) is 4.39 Å². The maximum atomic E-state index is 14.0. The molecule has 8 heteroatoms. The molecule has 0 aliphatic heterocycles. The van der Waals surface area contributed by atoms with Crippen molar-refractivity contribution in [3.63, 3.8) is 0 Å². The molecule has 3 N–H and O–H groups in total. The topological polar surface area (TPSA) is 89.3 Å². The van der Waals surface area contributed by atoms with Crippen LogP contribution >= 0.6 is 15.9 Å². The van der Waals surface area contributed by atoms with Gasteiger partial charge in [0, 0.05) is 5.56 Å². The number of hydrogen-bond donors (Lipinski definition) is 2. The second kappa shape index (κ2) is 4.50. The minimum absolute atomic E-state index is 0.0980. The zero-order chi connectivity index (χ0) is 12.4. The summed E-state index contributed by atoms with van der Waals surface area (Å²) >= 11 is 3.05. The van der Waals surface area contributed by atoms with E-state index < -0.39 is 5.82 Å². The second-order valence-electron chi connectivity index (χ2n) is 3.09. The van der Waals surface area contributed by atoms with Crippen molar-refractivity contribution in [3.05, 3.63) is 40.6 Å². The number of nitrogens with two attached hydrogens (primary N) is 1. The van der Waals surface area contributed by atoms with Gasteiger partial charge in [-0.05, 0) is 28.1 Å². The van der Waals surface area contributed by atoms with Crippen molar-refractivity contribution < 1.29 is 9.60 Å². The summed E-state index contributed by atoms with van der Waals surface area (Å²) in [6.07, 6.45) is 2.67. The average Bonchev–Trinajstić information content (AvgIpc) is 2.85. The van der Waals surface area contributed by atoms with Crippen molar-refractivity contribution in [2.75, 3.05) is 0 Å². The van der Waals surface area contributed by atoms with Crippen molar-refractivity contribution in [2.45, 2.75) is 0 Å². The molecule has 0 aliphatic rings. The minimum Gasteiger partial charge on any atom is -0.409 e. The maximum Gasteiger partial charge on any atom is 0.171 e. The van der Waals surface area contributed by atoms with E-state index in [1.165, 1.54) is 29.5 Å². The van der Waals surface area contributed by atoms with Crippen LogP contribution in [-0.2, 0) is 0 Å². The highest BCUT2D eigenvalue weighted by Crippen LogP contribution is 2.25. The van der Waals surface area contributed by atoms with Crippen LogP contribution in [-0.4, -0.2) is 25.8 Å². The summed E-state index contributed by atoms with van der Waals surface area (Å²) in [5.41, 5.74) is 5.87. The largest absolute Gasteiger partial charge is 0.409 e. The first-order valence-corrected chi connectivity index (χ1v) is 5.25. The number of rotatable bonds is 2. The van der Waals surface area contributed by atoms with E-state index in [0.717, 1.165) is 0 Å². The Morgan fingerprint density at radius 1 is 1.53 bits per heavy atom. The quantitative estimate of drug-likeness (QED) is 0.378.